The van der Waals surface area contributed by atoms with E-state index in [1.807, 2.05) is 0 Å². The Balaban J connectivity index is 2.90. The van der Waals surface area contributed by atoms with Crippen LogP contribution >= 0.6 is 15.9 Å². The van der Waals surface area contributed by atoms with Gasteiger partial charge in [0.15, 0.2) is 0 Å². The lowest BCUT2D eigenvalue weighted by Crippen LogP contribution is -2.36. The smallest absolute Gasteiger partial charge is 0.390 e. The van der Waals surface area contributed by atoms with E-state index in [2.05, 4.69) is 26.2 Å². The number of hydrogen-bond donors (Lipinski definition) is 2. The molecule has 20 heavy (non-hydrogen) atoms. The van der Waals surface area contributed by atoms with Gasteiger partial charge in [0.05, 0.1) is 0 Å². The summed E-state index contributed by atoms with van der Waals surface area (Å²) in [5.41, 5.74) is 0. The van der Waals surface area contributed by atoms with E-state index in [1.54, 1.807) is 0 Å². The average Bonchev–Trinajstić information content (AvgIpc) is 2.84. The third-order valence-electron chi connectivity index (χ3n) is 2.73. The maximum atomic E-state index is 11.3. The number of halogens is 1. The minimum absolute atomic E-state index is 0.00829. The quantitative estimate of drug-likeness (QED) is 0.293. The molecule has 2 unspecified atom stereocenters. The zero-order valence-electron chi connectivity index (χ0n) is 11.0. The van der Waals surface area contributed by atoms with E-state index < -0.39 is 17.1 Å². The number of carbonyl (C=O) groups is 1. The Morgan fingerprint density at radius 2 is 2.40 bits per heavy atom. The molecule has 112 valence electrons. The second-order valence-electron chi connectivity index (χ2n) is 4.33. The summed E-state index contributed by atoms with van der Waals surface area (Å²) in [6, 6.07) is -0.710. The molecule has 0 spiro atoms. The zero-order valence-corrected chi connectivity index (χ0v) is 12.6. The van der Waals surface area contributed by atoms with E-state index in [9.17, 15) is 20.0 Å². The first-order chi connectivity index (χ1) is 9.47. The highest BCUT2D eigenvalue weighted by atomic mass is 79.9. The van der Waals surface area contributed by atoms with Gasteiger partial charge in [0.2, 0.25) is 0 Å². The maximum Gasteiger partial charge on any atom is 0.434 e. The van der Waals surface area contributed by atoms with Crippen LogP contribution in [-0.4, -0.2) is 49.9 Å². The van der Waals surface area contributed by atoms with Crippen molar-refractivity contribution >= 4 is 27.7 Å². The molecule has 1 rings (SSSR count). The van der Waals surface area contributed by atoms with Gasteiger partial charge >= 0.3 is 5.95 Å². The monoisotopic (exact) mass is 348 g/mol. The van der Waals surface area contributed by atoms with Crippen molar-refractivity contribution in [1.29, 1.82) is 0 Å². The van der Waals surface area contributed by atoms with Crippen molar-refractivity contribution in [3.05, 3.63) is 22.5 Å². The molecule has 0 amide bonds. The number of aliphatic hydroxyl groups excluding tert-OH is 1. The van der Waals surface area contributed by atoms with Crippen LogP contribution in [0.2, 0.25) is 0 Å². The fraction of sp³-hybridized carbons (Fsp3) is 0.636. The molecule has 0 aromatic carbocycles. The van der Waals surface area contributed by atoms with Gasteiger partial charge < -0.3 is 20.5 Å². The molecule has 0 bridgehead atoms. The lowest BCUT2D eigenvalue weighted by Gasteiger charge is -2.21. The SMILES string of the molecule is CC(=O)CC(C(O)CNCCBr)n1ccnc1[N+](=O)[O-]. The number of nitrogens with zero attached hydrogens (tertiary/aromatic N) is 3. The molecule has 2 N–H and O–H groups in total. The molecule has 0 radical (unpaired) electrons. The number of hydrogen-bond acceptors (Lipinski definition) is 6. The van der Waals surface area contributed by atoms with Gasteiger partial charge in [0.25, 0.3) is 0 Å². The zero-order chi connectivity index (χ0) is 15.1. The first-order valence-electron chi connectivity index (χ1n) is 6.08. The van der Waals surface area contributed by atoms with Gasteiger partial charge in [0, 0.05) is 24.8 Å². The number of rotatable bonds is 9. The second-order valence-corrected chi connectivity index (χ2v) is 5.12. The highest BCUT2D eigenvalue weighted by Crippen LogP contribution is 2.22. The summed E-state index contributed by atoms with van der Waals surface area (Å²) in [5, 5.41) is 24.8. The van der Waals surface area contributed by atoms with Crippen LogP contribution in [0.25, 0.3) is 0 Å². The summed E-state index contributed by atoms with van der Waals surface area (Å²) in [7, 11) is 0. The number of aliphatic hydroxyl groups is 1. The molecule has 8 nitrogen and oxygen atoms in total. The van der Waals surface area contributed by atoms with Crippen LogP contribution in [0, 0.1) is 10.1 Å². The first kappa shape index (κ1) is 16.7. The Morgan fingerprint density at radius 3 is 2.95 bits per heavy atom. The van der Waals surface area contributed by atoms with Crippen LogP contribution in [0.4, 0.5) is 5.95 Å². The molecule has 0 aliphatic carbocycles. The average molecular weight is 349 g/mol. The van der Waals surface area contributed by atoms with Gasteiger partial charge in [0.1, 0.15) is 30.3 Å². The third kappa shape index (κ3) is 4.66. The summed E-state index contributed by atoms with van der Waals surface area (Å²) < 4.78 is 1.24. The number of ketones is 1. The van der Waals surface area contributed by atoms with E-state index in [1.165, 1.54) is 23.9 Å². The van der Waals surface area contributed by atoms with Crippen LogP contribution < -0.4 is 5.32 Å². The van der Waals surface area contributed by atoms with Gasteiger partial charge in [-0.15, -0.1) is 0 Å². The molecule has 0 fully saturated rings. The highest BCUT2D eigenvalue weighted by Gasteiger charge is 2.30. The lowest BCUT2D eigenvalue weighted by atomic mass is 10.0. The topological polar surface area (TPSA) is 110 Å². The highest BCUT2D eigenvalue weighted by molar-refractivity contribution is 9.09. The summed E-state index contributed by atoms with van der Waals surface area (Å²) in [6.45, 7) is 2.27. The Labute approximate surface area is 124 Å². The van der Waals surface area contributed by atoms with Crippen molar-refractivity contribution in [2.24, 2.45) is 0 Å². The van der Waals surface area contributed by atoms with Gasteiger partial charge in [-0.25, -0.2) is 4.57 Å². The number of alkyl halides is 1. The normalized spacial score (nSPS) is 13.9. The van der Waals surface area contributed by atoms with Gasteiger partial charge in [-0.1, -0.05) is 20.9 Å². The standard InChI is InChI=1S/C11H17BrN4O4/c1-8(17)6-9(10(18)7-13-3-2-12)15-5-4-14-11(15)16(19)20/h4-5,9-10,13,18H,2-3,6-7H2,1H3. The Kier molecular flexibility index (Phi) is 6.76. The van der Waals surface area contributed by atoms with Gasteiger partial charge in [-0.05, 0) is 11.8 Å². The molecule has 9 heteroatoms. The van der Waals surface area contributed by atoms with Crippen molar-refractivity contribution in [3.8, 4) is 0 Å². The summed E-state index contributed by atoms with van der Waals surface area (Å²) in [6.07, 6.45) is 1.77. The second kappa shape index (κ2) is 8.08. The molecule has 2 atom stereocenters. The Morgan fingerprint density at radius 1 is 1.70 bits per heavy atom. The molecule has 0 aliphatic rings. The number of nitrogens with one attached hydrogen (secondary N) is 1. The molecular formula is C11H17BrN4O4. The van der Waals surface area contributed by atoms with Crippen molar-refractivity contribution in [3.63, 3.8) is 0 Å². The van der Waals surface area contributed by atoms with E-state index in [0.717, 1.165) is 5.33 Å². The van der Waals surface area contributed by atoms with Crippen LogP contribution in [-0.2, 0) is 4.79 Å². The van der Waals surface area contributed by atoms with E-state index >= 15 is 0 Å². The van der Waals surface area contributed by atoms with Crippen LogP contribution in [0.3, 0.4) is 0 Å². The van der Waals surface area contributed by atoms with Crippen molar-refractivity contribution < 1.29 is 14.8 Å². The van der Waals surface area contributed by atoms with E-state index in [-0.39, 0.29) is 24.7 Å². The van der Waals surface area contributed by atoms with Crippen LogP contribution in [0.5, 0.6) is 0 Å². The molecule has 1 aromatic heterocycles. The molecule has 1 heterocycles. The molecular weight excluding hydrogens is 332 g/mol. The number of nitro groups is 1. The minimum Gasteiger partial charge on any atom is -0.390 e. The van der Waals surface area contributed by atoms with E-state index in [4.69, 9.17) is 0 Å². The summed E-state index contributed by atoms with van der Waals surface area (Å²) in [5.74, 6) is -0.534. The molecule has 1 aromatic rings. The van der Waals surface area contributed by atoms with Crippen LogP contribution in [0.15, 0.2) is 12.4 Å². The number of aromatic nitrogens is 2. The number of carbonyl (C=O) groups excluding carboxylic acids is 1. The maximum absolute atomic E-state index is 11.3. The molecule has 0 saturated heterocycles. The summed E-state index contributed by atoms with van der Waals surface area (Å²) in [4.78, 5) is 25.2. The fourth-order valence-electron chi connectivity index (χ4n) is 1.87. The Hall–Kier alpha value is -1.32. The van der Waals surface area contributed by atoms with Crippen molar-refractivity contribution in [1.82, 2.24) is 14.9 Å². The fourth-order valence-corrected chi connectivity index (χ4v) is 2.15. The Bertz CT molecular complexity index is 465. The predicted octanol–water partition coefficient (Wildman–Crippen LogP) is 0.657. The largest absolute Gasteiger partial charge is 0.434 e. The van der Waals surface area contributed by atoms with Crippen molar-refractivity contribution in [2.45, 2.75) is 25.5 Å². The minimum atomic E-state index is -0.925. The first-order valence-corrected chi connectivity index (χ1v) is 7.21. The van der Waals surface area contributed by atoms with Gasteiger partial charge in [-0.2, -0.15) is 0 Å². The van der Waals surface area contributed by atoms with Crippen LogP contribution in [0.1, 0.15) is 19.4 Å². The van der Waals surface area contributed by atoms with Crippen molar-refractivity contribution in [2.75, 3.05) is 18.4 Å². The number of Topliss-reactive ketones (excluding diaryl/α,β-unsaturated/α-hetero) is 1. The van der Waals surface area contributed by atoms with Gasteiger partial charge in [-0.3, -0.25) is 4.79 Å². The lowest BCUT2D eigenvalue weighted by molar-refractivity contribution is -0.397. The molecule has 0 saturated carbocycles. The predicted molar refractivity (Wildman–Crippen MR) is 75.9 cm³/mol. The molecule has 0 aliphatic heterocycles. The third-order valence-corrected chi connectivity index (χ3v) is 3.13. The number of imidazole rings is 1. The van der Waals surface area contributed by atoms with E-state index in [0.29, 0.717) is 6.54 Å². The summed E-state index contributed by atoms with van der Waals surface area (Å²) >= 11 is 3.24.